The third kappa shape index (κ3) is 4.31. The van der Waals surface area contributed by atoms with Gasteiger partial charge < -0.3 is 9.64 Å². The van der Waals surface area contributed by atoms with Crippen molar-refractivity contribution >= 4 is 27.3 Å². The Hall–Kier alpha value is -3.39. The van der Waals surface area contributed by atoms with Gasteiger partial charge in [-0.05, 0) is 73.5 Å². The number of nitrogens with zero attached hydrogens (tertiary/aromatic N) is 2. The topological polar surface area (TPSA) is 66.9 Å². The Morgan fingerprint density at radius 3 is 2.41 bits per heavy atom. The molecule has 1 aliphatic heterocycles. The number of carbonyl (C=O) groups is 1. The van der Waals surface area contributed by atoms with E-state index in [1.54, 1.807) is 17.0 Å². The third-order valence-corrected chi connectivity index (χ3v) is 7.09. The molecular formula is C24H23FN2O4S. The van der Waals surface area contributed by atoms with Crippen molar-refractivity contribution < 1.29 is 22.3 Å². The van der Waals surface area contributed by atoms with Gasteiger partial charge in [0.1, 0.15) is 18.1 Å². The Bertz CT molecular complexity index is 1210. The highest BCUT2D eigenvalue weighted by atomic mass is 32.2. The number of carbonyl (C=O) groups excluding carboxylic acids is 1. The van der Waals surface area contributed by atoms with Gasteiger partial charge in [-0.15, -0.1) is 0 Å². The molecule has 0 unspecified atom stereocenters. The molecule has 0 spiro atoms. The predicted molar refractivity (Wildman–Crippen MR) is 121 cm³/mol. The van der Waals surface area contributed by atoms with E-state index in [0.29, 0.717) is 25.3 Å². The van der Waals surface area contributed by atoms with Gasteiger partial charge in [-0.1, -0.05) is 18.2 Å². The molecule has 0 atom stereocenters. The van der Waals surface area contributed by atoms with Crippen LogP contribution in [0, 0.1) is 5.82 Å². The number of ether oxygens (including phenoxy) is 1. The van der Waals surface area contributed by atoms with Crippen LogP contribution in [0.2, 0.25) is 0 Å². The monoisotopic (exact) mass is 454 g/mol. The number of rotatable bonds is 7. The van der Waals surface area contributed by atoms with Crippen LogP contribution in [-0.4, -0.2) is 34.0 Å². The molecule has 0 bridgehead atoms. The molecule has 6 nitrogen and oxygen atoms in total. The summed E-state index contributed by atoms with van der Waals surface area (Å²) < 4.78 is 46.9. The zero-order valence-electron chi connectivity index (χ0n) is 17.6. The van der Waals surface area contributed by atoms with Gasteiger partial charge in [0.25, 0.3) is 10.0 Å². The molecule has 0 aromatic heterocycles. The first-order valence-electron chi connectivity index (χ1n) is 10.3. The minimum Gasteiger partial charge on any atom is -0.494 e. The third-order valence-electron chi connectivity index (χ3n) is 5.30. The summed E-state index contributed by atoms with van der Waals surface area (Å²) in [5.74, 6) is -0.301. The molecular weight excluding hydrogens is 431 g/mol. The van der Waals surface area contributed by atoms with Crippen LogP contribution in [0.15, 0.2) is 77.7 Å². The fourth-order valence-electron chi connectivity index (χ4n) is 3.73. The largest absolute Gasteiger partial charge is 0.494 e. The van der Waals surface area contributed by atoms with Gasteiger partial charge in [0.05, 0.1) is 17.2 Å². The van der Waals surface area contributed by atoms with Crippen molar-refractivity contribution in [2.45, 2.75) is 18.2 Å². The van der Waals surface area contributed by atoms with Crippen molar-refractivity contribution in [3.05, 3.63) is 84.2 Å². The van der Waals surface area contributed by atoms with Crippen LogP contribution in [-0.2, 0) is 21.2 Å². The van der Waals surface area contributed by atoms with E-state index in [1.165, 1.54) is 36.4 Å². The molecule has 3 aromatic carbocycles. The van der Waals surface area contributed by atoms with Crippen LogP contribution in [0.1, 0.15) is 12.5 Å². The highest BCUT2D eigenvalue weighted by Crippen LogP contribution is 2.30. The minimum absolute atomic E-state index is 0.0138. The van der Waals surface area contributed by atoms with Crippen LogP contribution in [0.25, 0.3) is 0 Å². The lowest BCUT2D eigenvalue weighted by Crippen LogP contribution is -2.42. The number of benzene rings is 3. The number of fused-ring (bicyclic) bond motifs is 1. The summed E-state index contributed by atoms with van der Waals surface area (Å²) in [6, 6.07) is 18.6. The molecule has 0 radical (unpaired) electrons. The lowest BCUT2D eigenvalue weighted by molar-refractivity contribution is -0.117. The van der Waals surface area contributed by atoms with Gasteiger partial charge in [0.2, 0.25) is 5.91 Å². The van der Waals surface area contributed by atoms with Crippen LogP contribution in [0.4, 0.5) is 15.8 Å². The quantitative estimate of drug-likeness (QED) is 0.541. The van der Waals surface area contributed by atoms with Crippen molar-refractivity contribution in [3.8, 4) is 5.75 Å². The molecule has 0 N–H and O–H groups in total. The number of hydrogen-bond donors (Lipinski definition) is 0. The second-order valence-electron chi connectivity index (χ2n) is 7.32. The summed E-state index contributed by atoms with van der Waals surface area (Å²) in [7, 11) is -4.09. The molecule has 8 heteroatoms. The summed E-state index contributed by atoms with van der Waals surface area (Å²) in [6.07, 6.45) is 0.712. The average Bonchev–Trinajstić information content (AvgIpc) is 3.23. The number of para-hydroxylation sites is 1. The van der Waals surface area contributed by atoms with Gasteiger partial charge >= 0.3 is 0 Å². The summed E-state index contributed by atoms with van der Waals surface area (Å²) >= 11 is 0. The highest BCUT2D eigenvalue weighted by molar-refractivity contribution is 7.92. The molecule has 4 rings (SSSR count). The summed E-state index contributed by atoms with van der Waals surface area (Å²) in [5.41, 5.74) is 2.04. The maximum absolute atomic E-state index is 13.5. The number of amides is 1. The Balaban J connectivity index is 1.67. The number of sulfonamides is 1. The fraction of sp³-hybridized carbons (Fsp3) is 0.208. The summed E-state index contributed by atoms with van der Waals surface area (Å²) in [6.45, 7) is 2.37. The normalized spacial score (nSPS) is 13.0. The predicted octanol–water partition coefficient (Wildman–Crippen LogP) is 4.01. The summed E-state index contributed by atoms with van der Waals surface area (Å²) in [5, 5.41) is 0. The molecule has 1 amide bonds. The van der Waals surface area contributed by atoms with E-state index >= 15 is 0 Å². The molecule has 166 valence electrons. The zero-order valence-corrected chi connectivity index (χ0v) is 18.4. The molecule has 0 saturated heterocycles. The summed E-state index contributed by atoms with van der Waals surface area (Å²) in [4.78, 5) is 14.8. The van der Waals surface area contributed by atoms with Crippen LogP contribution in [0.5, 0.6) is 5.75 Å². The second-order valence-corrected chi connectivity index (χ2v) is 9.18. The van der Waals surface area contributed by atoms with Gasteiger partial charge in [-0.3, -0.25) is 9.10 Å². The number of anilines is 2. The first kappa shape index (κ1) is 21.8. The fourth-order valence-corrected chi connectivity index (χ4v) is 5.14. The Morgan fingerprint density at radius 1 is 1.03 bits per heavy atom. The molecule has 32 heavy (non-hydrogen) atoms. The van der Waals surface area contributed by atoms with Gasteiger partial charge in [0, 0.05) is 12.2 Å². The van der Waals surface area contributed by atoms with Crippen molar-refractivity contribution in [2.75, 3.05) is 28.9 Å². The van der Waals surface area contributed by atoms with E-state index < -0.39 is 22.4 Å². The van der Waals surface area contributed by atoms with Crippen molar-refractivity contribution in [2.24, 2.45) is 0 Å². The number of hydrogen-bond acceptors (Lipinski definition) is 4. The maximum Gasteiger partial charge on any atom is 0.264 e. The van der Waals surface area contributed by atoms with E-state index in [1.807, 2.05) is 31.2 Å². The van der Waals surface area contributed by atoms with E-state index in [9.17, 15) is 17.6 Å². The molecule has 1 heterocycles. The Morgan fingerprint density at radius 2 is 1.72 bits per heavy atom. The first-order valence-corrected chi connectivity index (χ1v) is 11.7. The van der Waals surface area contributed by atoms with Crippen molar-refractivity contribution in [3.63, 3.8) is 0 Å². The lowest BCUT2D eigenvalue weighted by atomic mass is 10.2. The van der Waals surface area contributed by atoms with Gasteiger partial charge in [-0.2, -0.15) is 0 Å². The van der Waals surface area contributed by atoms with E-state index in [4.69, 9.17) is 4.74 Å². The van der Waals surface area contributed by atoms with Crippen molar-refractivity contribution in [1.82, 2.24) is 0 Å². The van der Waals surface area contributed by atoms with E-state index in [2.05, 4.69) is 0 Å². The Labute approximate surface area is 186 Å². The smallest absolute Gasteiger partial charge is 0.264 e. The van der Waals surface area contributed by atoms with Gasteiger partial charge in [-0.25, -0.2) is 12.8 Å². The van der Waals surface area contributed by atoms with E-state index in [0.717, 1.165) is 15.6 Å². The van der Waals surface area contributed by atoms with Crippen molar-refractivity contribution in [1.29, 1.82) is 0 Å². The highest BCUT2D eigenvalue weighted by Gasteiger charge is 2.31. The SMILES string of the molecule is CCOc1ccc(S(=O)(=O)N(CC(=O)N2CCc3ccccc32)c2ccc(F)cc2)cc1. The minimum atomic E-state index is -4.09. The number of halogens is 1. The molecule has 3 aromatic rings. The zero-order chi connectivity index (χ0) is 22.7. The maximum atomic E-state index is 13.5. The average molecular weight is 455 g/mol. The lowest BCUT2D eigenvalue weighted by Gasteiger charge is -2.27. The second kappa shape index (κ2) is 9.00. The molecule has 1 aliphatic rings. The van der Waals surface area contributed by atoms with Crippen LogP contribution < -0.4 is 13.9 Å². The molecule has 0 fully saturated rings. The van der Waals surface area contributed by atoms with Crippen LogP contribution in [0.3, 0.4) is 0 Å². The van der Waals surface area contributed by atoms with Crippen LogP contribution >= 0.6 is 0 Å². The standard InChI is InChI=1S/C24H23FN2O4S/c1-2-31-21-11-13-22(14-12-21)32(29,30)27(20-9-7-19(25)8-10-20)17-24(28)26-16-15-18-5-3-4-6-23(18)26/h3-14H,2,15-17H2,1H3. The van der Waals surface area contributed by atoms with Gasteiger partial charge in [0.15, 0.2) is 0 Å². The van der Waals surface area contributed by atoms with E-state index in [-0.39, 0.29) is 16.5 Å². The first-order chi connectivity index (χ1) is 15.4. The molecule has 0 aliphatic carbocycles. The molecule has 0 saturated carbocycles. The Kier molecular flexibility index (Phi) is 6.14.